The molecule has 0 N–H and O–H groups in total. The van der Waals surface area contributed by atoms with E-state index >= 15 is 0 Å². The maximum Gasteiger partial charge on any atom is 0.314 e. The average molecular weight is 371 g/mol. The van der Waals surface area contributed by atoms with Gasteiger partial charge in [-0.25, -0.2) is 0 Å². The molecule has 2 heteroatoms. The van der Waals surface area contributed by atoms with E-state index in [9.17, 15) is 4.79 Å². The van der Waals surface area contributed by atoms with Crippen molar-refractivity contribution in [3.8, 4) is 5.75 Å². The van der Waals surface area contributed by atoms with E-state index in [4.69, 9.17) is 4.74 Å². The molecule has 0 bridgehead atoms. The summed E-state index contributed by atoms with van der Waals surface area (Å²) >= 11 is 0. The minimum Gasteiger partial charge on any atom is -0.426 e. The molecule has 1 aromatic carbocycles. The Hall–Kier alpha value is -1.31. The first kappa shape index (κ1) is 20.4. The fraction of sp³-hybridized carbons (Fsp3) is 0.720. The van der Waals surface area contributed by atoms with E-state index in [0.717, 1.165) is 36.2 Å². The summed E-state index contributed by atoms with van der Waals surface area (Å²) in [6.45, 7) is 4.32. The molecule has 0 amide bonds. The van der Waals surface area contributed by atoms with Crippen LogP contribution in [0.3, 0.4) is 0 Å². The Morgan fingerprint density at radius 2 is 1.63 bits per heavy atom. The van der Waals surface area contributed by atoms with Crippen LogP contribution in [0.5, 0.6) is 5.75 Å². The lowest BCUT2D eigenvalue weighted by Crippen LogP contribution is -2.30. The quantitative estimate of drug-likeness (QED) is 0.291. The van der Waals surface area contributed by atoms with Gasteiger partial charge in [0.25, 0.3) is 0 Å². The number of ether oxygens (including phenoxy) is 1. The summed E-state index contributed by atoms with van der Waals surface area (Å²) in [7, 11) is 0. The van der Waals surface area contributed by atoms with Crippen molar-refractivity contribution in [1.29, 1.82) is 0 Å². The van der Waals surface area contributed by atoms with Crippen LogP contribution in [0.1, 0.15) is 89.5 Å². The SMILES string of the molecule is CCCCCC1CCC(C2CCC(C(=O)Oc3cccc(C)c3)CC2)CC1. The number of unbranched alkanes of at least 4 members (excludes halogenated alkanes) is 2. The van der Waals surface area contributed by atoms with Crippen molar-refractivity contribution in [2.45, 2.75) is 90.9 Å². The molecular formula is C25H38O2. The molecular weight excluding hydrogens is 332 g/mol. The Morgan fingerprint density at radius 1 is 0.963 bits per heavy atom. The van der Waals surface area contributed by atoms with Gasteiger partial charge in [0.05, 0.1) is 5.92 Å². The Balaban J connectivity index is 1.38. The fourth-order valence-electron chi connectivity index (χ4n) is 5.34. The number of hydrogen-bond donors (Lipinski definition) is 0. The summed E-state index contributed by atoms with van der Waals surface area (Å²) in [4.78, 5) is 12.5. The van der Waals surface area contributed by atoms with Crippen molar-refractivity contribution in [2.24, 2.45) is 23.7 Å². The second-order valence-electron chi connectivity index (χ2n) is 9.13. The van der Waals surface area contributed by atoms with Gasteiger partial charge in [-0.1, -0.05) is 57.6 Å². The summed E-state index contributed by atoms with van der Waals surface area (Å²) in [5.41, 5.74) is 1.13. The maximum absolute atomic E-state index is 12.5. The molecule has 0 atom stereocenters. The van der Waals surface area contributed by atoms with Gasteiger partial charge in [0.1, 0.15) is 5.75 Å². The largest absolute Gasteiger partial charge is 0.426 e. The molecule has 0 saturated heterocycles. The van der Waals surface area contributed by atoms with Crippen LogP contribution in [-0.2, 0) is 4.79 Å². The molecule has 3 rings (SSSR count). The van der Waals surface area contributed by atoms with Gasteiger partial charge in [-0.15, -0.1) is 0 Å². The van der Waals surface area contributed by atoms with Crippen LogP contribution < -0.4 is 4.74 Å². The van der Waals surface area contributed by atoms with Crippen LogP contribution in [0.25, 0.3) is 0 Å². The molecule has 0 radical (unpaired) electrons. The van der Waals surface area contributed by atoms with Gasteiger partial charge in [-0.3, -0.25) is 4.79 Å². The minimum atomic E-state index is -0.0151. The monoisotopic (exact) mass is 370 g/mol. The number of hydrogen-bond acceptors (Lipinski definition) is 2. The number of rotatable bonds is 7. The number of benzene rings is 1. The van der Waals surface area contributed by atoms with E-state index in [0.29, 0.717) is 5.75 Å². The fourth-order valence-corrected chi connectivity index (χ4v) is 5.34. The third-order valence-electron chi connectivity index (χ3n) is 7.09. The predicted octanol–water partition coefficient (Wildman–Crippen LogP) is 7.09. The van der Waals surface area contributed by atoms with Crippen LogP contribution in [0.4, 0.5) is 0 Å². The summed E-state index contributed by atoms with van der Waals surface area (Å²) in [5, 5.41) is 0. The smallest absolute Gasteiger partial charge is 0.314 e. The van der Waals surface area contributed by atoms with E-state index < -0.39 is 0 Å². The molecule has 2 aliphatic carbocycles. The van der Waals surface area contributed by atoms with E-state index in [-0.39, 0.29) is 11.9 Å². The maximum atomic E-state index is 12.5. The van der Waals surface area contributed by atoms with Gasteiger partial charge in [-0.2, -0.15) is 0 Å². The third kappa shape index (κ3) is 6.09. The first-order valence-corrected chi connectivity index (χ1v) is 11.4. The lowest BCUT2D eigenvalue weighted by atomic mass is 9.68. The normalized spacial score (nSPS) is 28.7. The molecule has 2 aliphatic rings. The van der Waals surface area contributed by atoms with Gasteiger partial charge >= 0.3 is 5.97 Å². The second-order valence-corrected chi connectivity index (χ2v) is 9.13. The molecule has 2 nitrogen and oxygen atoms in total. The van der Waals surface area contributed by atoms with Crippen LogP contribution in [-0.4, -0.2) is 5.97 Å². The molecule has 0 spiro atoms. The van der Waals surface area contributed by atoms with Gasteiger partial charge in [-0.05, 0) is 80.9 Å². The van der Waals surface area contributed by atoms with Crippen molar-refractivity contribution < 1.29 is 9.53 Å². The molecule has 0 unspecified atom stereocenters. The minimum absolute atomic E-state index is 0.0151. The Labute approximate surface area is 166 Å². The summed E-state index contributed by atoms with van der Waals surface area (Å²) in [5.74, 6) is 3.55. The zero-order valence-electron chi connectivity index (χ0n) is 17.4. The summed E-state index contributed by atoms with van der Waals surface area (Å²) < 4.78 is 5.64. The first-order valence-electron chi connectivity index (χ1n) is 11.4. The van der Waals surface area contributed by atoms with Crippen LogP contribution in [0.15, 0.2) is 24.3 Å². The highest BCUT2D eigenvalue weighted by atomic mass is 16.5. The van der Waals surface area contributed by atoms with Crippen LogP contribution in [0.2, 0.25) is 0 Å². The number of aryl methyl sites for hydroxylation is 1. The second kappa shape index (κ2) is 10.3. The molecule has 27 heavy (non-hydrogen) atoms. The highest BCUT2D eigenvalue weighted by molar-refractivity contribution is 5.75. The van der Waals surface area contributed by atoms with Crippen molar-refractivity contribution in [3.05, 3.63) is 29.8 Å². The van der Waals surface area contributed by atoms with Gasteiger partial charge in [0.2, 0.25) is 0 Å². The number of carbonyl (C=O) groups is 1. The molecule has 1 aromatic rings. The standard InChI is InChI=1S/C25H38O2/c1-3-4-5-8-20-10-12-21(13-11-20)22-14-16-23(17-15-22)25(26)27-24-9-6-7-19(2)18-24/h6-7,9,18,20-23H,3-5,8,10-17H2,1-2H3. The third-order valence-corrected chi connectivity index (χ3v) is 7.09. The Morgan fingerprint density at radius 3 is 2.26 bits per heavy atom. The molecule has 0 aliphatic heterocycles. The van der Waals surface area contributed by atoms with Gasteiger partial charge in [0, 0.05) is 0 Å². The molecule has 0 heterocycles. The Bertz CT molecular complexity index is 578. The Kier molecular flexibility index (Phi) is 7.79. The zero-order valence-corrected chi connectivity index (χ0v) is 17.4. The van der Waals surface area contributed by atoms with E-state index in [1.165, 1.54) is 64.2 Å². The van der Waals surface area contributed by atoms with E-state index in [1.54, 1.807) is 0 Å². The highest BCUT2D eigenvalue weighted by Crippen LogP contribution is 2.42. The lowest BCUT2D eigenvalue weighted by Gasteiger charge is -2.37. The summed E-state index contributed by atoms with van der Waals surface area (Å²) in [6, 6.07) is 7.81. The average Bonchev–Trinajstić information content (AvgIpc) is 2.69. The highest BCUT2D eigenvalue weighted by Gasteiger charge is 2.33. The van der Waals surface area contributed by atoms with Crippen molar-refractivity contribution >= 4 is 5.97 Å². The number of carbonyl (C=O) groups excluding carboxylic acids is 1. The molecule has 2 saturated carbocycles. The van der Waals surface area contributed by atoms with E-state index in [2.05, 4.69) is 6.92 Å². The summed E-state index contributed by atoms with van der Waals surface area (Å²) in [6.07, 6.45) is 15.9. The topological polar surface area (TPSA) is 26.3 Å². The van der Waals surface area contributed by atoms with Gasteiger partial charge < -0.3 is 4.74 Å². The zero-order chi connectivity index (χ0) is 19.1. The van der Waals surface area contributed by atoms with Crippen molar-refractivity contribution in [1.82, 2.24) is 0 Å². The van der Waals surface area contributed by atoms with Crippen molar-refractivity contribution in [3.63, 3.8) is 0 Å². The molecule has 150 valence electrons. The molecule has 0 aromatic heterocycles. The van der Waals surface area contributed by atoms with Gasteiger partial charge in [0.15, 0.2) is 0 Å². The first-order chi connectivity index (χ1) is 13.2. The predicted molar refractivity (Wildman–Crippen MR) is 112 cm³/mol. The lowest BCUT2D eigenvalue weighted by molar-refractivity contribution is -0.140. The number of esters is 1. The van der Waals surface area contributed by atoms with Crippen LogP contribution in [0, 0.1) is 30.6 Å². The van der Waals surface area contributed by atoms with Crippen LogP contribution >= 0.6 is 0 Å². The van der Waals surface area contributed by atoms with E-state index in [1.807, 2.05) is 31.2 Å². The molecule has 2 fully saturated rings. The van der Waals surface area contributed by atoms with Crippen molar-refractivity contribution in [2.75, 3.05) is 0 Å².